The predicted octanol–water partition coefficient (Wildman–Crippen LogP) is 0.713. The van der Waals surface area contributed by atoms with Gasteiger partial charge in [0.05, 0.1) is 0 Å². The maximum atomic E-state index is 5.79. The van der Waals surface area contributed by atoms with Crippen molar-refractivity contribution in [3.8, 4) is 0 Å². The average molecular weight is 207 g/mol. The lowest BCUT2D eigenvalue weighted by atomic mass is 10.1. The van der Waals surface area contributed by atoms with E-state index < -0.39 is 0 Å². The molecule has 0 fully saturated rings. The van der Waals surface area contributed by atoms with E-state index in [1.54, 1.807) is 0 Å². The summed E-state index contributed by atoms with van der Waals surface area (Å²) in [5.41, 5.74) is 13.9. The van der Waals surface area contributed by atoms with Gasteiger partial charge in [0.1, 0.15) is 0 Å². The van der Waals surface area contributed by atoms with Crippen LogP contribution >= 0.6 is 0 Å². The third kappa shape index (κ3) is 4.42. The average Bonchev–Trinajstić information content (AvgIpc) is 2.17. The quantitative estimate of drug-likeness (QED) is 0.748. The molecule has 3 nitrogen and oxygen atoms in total. The first kappa shape index (κ1) is 12.2. The van der Waals surface area contributed by atoms with E-state index in [9.17, 15) is 0 Å². The van der Waals surface area contributed by atoms with Crippen molar-refractivity contribution >= 4 is 0 Å². The number of hydrogen-bond donors (Lipinski definition) is 2. The van der Waals surface area contributed by atoms with Gasteiger partial charge < -0.3 is 16.4 Å². The lowest BCUT2D eigenvalue weighted by Crippen LogP contribution is -2.40. The number of aryl methyl sites for hydroxylation is 1. The molecular weight excluding hydrogens is 186 g/mol. The normalized spacial score (nSPS) is 13.1. The Kier molecular flexibility index (Phi) is 4.75. The summed E-state index contributed by atoms with van der Waals surface area (Å²) in [6, 6.07) is 8.60. The lowest BCUT2D eigenvalue weighted by molar-refractivity contribution is 0.305. The molecule has 1 unspecified atom stereocenters. The van der Waals surface area contributed by atoms with Crippen LogP contribution in [0.25, 0.3) is 0 Å². The number of hydrogen-bond acceptors (Lipinski definition) is 3. The van der Waals surface area contributed by atoms with Crippen molar-refractivity contribution in [3.05, 3.63) is 35.4 Å². The maximum absolute atomic E-state index is 5.79. The zero-order chi connectivity index (χ0) is 11.3. The smallest absolute Gasteiger partial charge is 0.0292 e. The summed E-state index contributed by atoms with van der Waals surface area (Å²) in [7, 11) is 2.07. The van der Waals surface area contributed by atoms with E-state index in [-0.39, 0.29) is 6.04 Å². The van der Waals surface area contributed by atoms with Crippen LogP contribution in [0.5, 0.6) is 0 Å². The minimum atomic E-state index is 0.0693. The number of likely N-dealkylation sites (N-methyl/N-ethyl adjacent to an activating group) is 1. The molecule has 1 rings (SSSR count). The lowest BCUT2D eigenvalue weighted by Gasteiger charge is -2.20. The Hall–Kier alpha value is -0.900. The molecule has 0 aliphatic rings. The van der Waals surface area contributed by atoms with Gasteiger partial charge in [-0.25, -0.2) is 0 Å². The van der Waals surface area contributed by atoms with Gasteiger partial charge in [-0.2, -0.15) is 0 Å². The molecule has 4 N–H and O–H groups in total. The summed E-state index contributed by atoms with van der Waals surface area (Å²) < 4.78 is 0. The Morgan fingerprint density at radius 3 is 2.73 bits per heavy atom. The van der Waals surface area contributed by atoms with Crippen molar-refractivity contribution in [1.82, 2.24) is 4.90 Å². The van der Waals surface area contributed by atoms with Crippen LogP contribution in [0.15, 0.2) is 24.3 Å². The van der Waals surface area contributed by atoms with Crippen molar-refractivity contribution in [2.75, 3.05) is 20.1 Å². The van der Waals surface area contributed by atoms with Gasteiger partial charge in [0, 0.05) is 25.7 Å². The maximum Gasteiger partial charge on any atom is 0.0292 e. The highest BCUT2D eigenvalue weighted by molar-refractivity contribution is 5.21. The van der Waals surface area contributed by atoms with Gasteiger partial charge in [-0.3, -0.25) is 0 Å². The Labute approximate surface area is 92.1 Å². The summed E-state index contributed by atoms with van der Waals surface area (Å²) in [4.78, 5) is 2.20. The third-order valence-corrected chi connectivity index (χ3v) is 2.38. The number of rotatable bonds is 5. The highest BCUT2D eigenvalue weighted by Gasteiger charge is 2.05. The first-order valence-corrected chi connectivity index (χ1v) is 5.31. The second-order valence-electron chi connectivity index (χ2n) is 4.18. The molecule has 84 valence electrons. The van der Waals surface area contributed by atoms with Gasteiger partial charge in [0.2, 0.25) is 0 Å². The fourth-order valence-electron chi connectivity index (χ4n) is 1.66. The minimum absolute atomic E-state index is 0.0693. The molecule has 0 amide bonds. The minimum Gasteiger partial charge on any atom is -0.329 e. The summed E-state index contributed by atoms with van der Waals surface area (Å²) in [6.07, 6.45) is 0. The zero-order valence-corrected chi connectivity index (χ0v) is 9.61. The largest absolute Gasteiger partial charge is 0.329 e. The Balaban J connectivity index is 2.47. The topological polar surface area (TPSA) is 55.3 Å². The molecule has 1 atom stereocenters. The van der Waals surface area contributed by atoms with Crippen molar-refractivity contribution in [3.63, 3.8) is 0 Å². The van der Waals surface area contributed by atoms with Crippen molar-refractivity contribution in [1.29, 1.82) is 0 Å². The highest BCUT2D eigenvalue weighted by atomic mass is 15.1. The summed E-state index contributed by atoms with van der Waals surface area (Å²) in [6.45, 7) is 4.41. The van der Waals surface area contributed by atoms with Gasteiger partial charge in [-0.05, 0) is 19.5 Å². The van der Waals surface area contributed by atoms with Gasteiger partial charge in [-0.1, -0.05) is 29.8 Å². The number of nitrogens with zero attached hydrogens (tertiary/aromatic N) is 1. The van der Waals surface area contributed by atoms with E-state index in [0.29, 0.717) is 6.54 Å². The van der Waals surface area contributed by atoms with Gasteiger partial charge in [0.25, 0.3) is 0 Å². The molecule has 0 spiro atoms. The molecule has 0 aliphatic heterocycles. The SMILES string of the molecule is Cc1cccc(CN(C)CC(N)CN)c1. The Morgan fingerprint density at radius 1 is 1.40 bits per heavy atom. The van der Waals surface area contributed by atoms with Gasteiger partial charge in [-0.15, -0.1) is 0 Å². The molecule has 3 heteroatoms. The molecule has 0 radical (unpaired) electrons. The Bertz CT molecular complexity index is 299. The van der Waals surface area contributed by atoms with Crippen LogP contribution < -0.4 is 11.5 Å². The van der Waals surface area contributed by atoms with Crippen LogP contribution in [-0.2, 0) is 6.54 Å². The zero-order valence-electron chi connectivity index (χ0n) is 9.61. The molecule has 0 saturated heterocycles. The van der Waals surface area contributed by atoms with E-state index in [1.165, 1.54) is 11.1 Å². The molecule has 15 heavy (non-hydrogen) atoms. The fourth-order valence-corrected chi connectivity index (χ4v) is 1.66. The van der Waals surface area contributed by atoms with Crippen LogP contribution in [0.2, 0.25) is 0 Å². The second kappa shape index (κ2) is 5.85. The summed E-state index contributed by atoms with van der Waals surface area (Å²) >= 11 is 0. The summed E-state index contributed by atoms with van der Waals surface area (Å²) in [5, 5.41) is 0. The molecule has 0 heterocycles. The fraction of sp³-hybridized carbons (Fsp3) is 0.500. The molecular formula is C12H21N3. The van der Waals surface area contributed by atoms with Crippen molar-refractivity contribution in [2.45, 2.75) is 19.5 Å². The van der Waals surface area contributed by atoms with Crippen molar-refractivity contribution < 1.29 is 0 Å². The van der Waals surface area contributed by atoms with E-state index in [1.807, 2.05) is 0 Å². The van der Waals surface area contributed by atoms with Crippen LogP contribution in [0, 0.1) is 6.92 Å². The number of benzene rings is 1. The molecule has 1 aromatic carbocycles. The molecule has 0 aliphatic carbocycles. The van der Waals surface area contributed by atoms with Crippen molar-refractivity contribution in [2.24, 2.45) is 11.5 Å². The van der Waals surface area contributed by atoms with Gasteiger partial charge >= 0.3 is 0 Å². The van der Waals surface area contributed by atoms with E-state index >= 15 is 0 Å². The van der Waals surface area contributed by atoms with Crippen LogP contribution in [0.1, 0.15) is 11.1 Å². The van der Waals surface area contributed by atoms with E-state index in [2.05, 4.69) is 43.1 Å². The standard InChI is InChI=1S/C12H21N3/c1-10-4-3-5-11(6-10)8-15(2)9-12(14)7-13/h3-6,12H,7-9,13-14H2,1-2H3. The first-order chi connectivity index (χ1) is 7.11. The Morgan fingerprint density at radius 2 is 2.13 bits per heavy atom. The van der Waals surface area contributed by atoms with E-state index in [4.69, 9.17) is 11.5 Å². The number of nitrogens with two attached hydrogens (primary N) is 2. The molecule has 0 saturated carbocycles. The van der Waals surface area contributed by atoms with Crippen LogP contribution in [0.4, 0.5) is 0 Å². The third-order valence-electron chi connectivity index (χ3n) is 2.38. The van der Waals surface area contributed by atoms with Gasteiger partial charge in [0.15, 0.2) is 0 Å². The second-order valence-corrected chi connectivity index (χ2v) is 4.18. The predicted molar refractivity (Wildman–Crippen MR) is 64.5 cm³/mol. The molecule has 0 aromatic heterocycles. The van der Waals surface area contributed by atoms with E-state index in [0.717, 1.165) is 13.1 Å². The molecule has 1 aromatic rings. The summed E-state index contributed by atoms with van der Waals surface area (Å²) in [5.74, 6) is 0. The monoisotopic (exact) mass is 207 g/mol. The first-order valence-electron chi connectivity index (χ1n) is 5.31. The van der Waals surface area contributed by atoms with Crippen LogP contribution in [-0.4, -0.2) is 31.1 Å². The molecule has 0 bridgehead atoms. The van der Waals surface area contributed by atoms with Crippen LogP contribution in [0.3, 0.4) is 0 Å². The highest BCUT2D eigenvalue weighted by Crippen LogP contribution is 2.06.